The number of halogens is 1. The van der Waals surface area contributed by atoms with Crippen molar-refractivity contribution < 1.29 is 8.91 Å². The SMILES string of the molecule is Cc1cc(-c2cnc(NC(C)C)nc2C2CCN(Cc3ccc(F)cc3)CC2)on1. The Kier molecular flexibility index (Phi) is 6.08. The minimum atomic E-state index is -0.192. The second-order valence-electron chi connectivity index (χ2n) is 8.30. The standard InChI is InChI=1S/C23H28FN5O/c1-15(2)26-23-25-13-20(21-12-16(3)28-30-21)22(27-23)18-8-10-29(11-9-18)14-17-4-6-19(24)7-5-17/h4-7,12-13,15,18H,8-11,14H2,1-3H3,(H,25,26,27). The number of likely N-dealkylation sites (tertiary alicyclic amines) is 1. The van der Waals surface area contributed by atoms with Crippen LogP contribution in [0.5, 0.6) is 0 Å². The molecule has 2 aromatic heterocycles. The van der Waals surface area contributed by atoms with Gasteiger partial charge in [-0.25, -0.2) is 14.4 Å². The zero-order chi connectivity index (χ0) is 21.1. The van der Waals surface area contributed by atoms with Crippen LogP contribution in [0.2, 0.25) is 0 Å². The first kappa shape index (κ1) is 20.5. The molecule has 0 amide bonds. The van der Waals surface area contributed by atoms with Crippen molar-refractivity contribution in [1.82, 2.24) is 20.0 Å². The number of hydrogen-bond acceptors (Lipinski definition) is 6. The number of rotatable bonds is 6. The maximum absolute atomic E-state index is 13.2. The summed E-state index contributed by atoms with van der Waals surface area (Å²) in [6.07, 6.45) is 3.84. The quantitative estimate of drug-likeness (QED) is 0.632. The van der Waals surface area contributed by atoms with Crippen molar-refractivity contribution in [2.75, 3.05) is 18.4 Å². The van der Waals surface area contributed by atoms with Gasteiger partial charge >= 0.3 is 0 Å². The summed E-state index contributed by atoms with van der Waals surface area (Å²) < 4.78 is 18.7. The molecule has 1 fully saturated rings. The number of hydrogen-bond donors (Lipinski definition) is 1. The summed E-state index contributed by atoms with van der Waals surface area (Å²) in [7, 11) is 0. The van der Waals surface area contributed by atoms with E-state index >= 15 is 0 Å². The average molecular weight is 410 g/mol. The van der Waals surface area contributed by atoms with Crippen molar-refractivity contribution in [3.05, 3.63) is 59.3 Å². The van der Waals surface area contributed by atoms with E-state index in [0.29, 0.717) is 17.6 Å². The predicted octanol–water partition coefficient (Wildman–Crippen LogP) is 4.78. The summed E-state index contributed by atoms with van der Waals surface area (Å²) in [5.41, 5.74) is 3.92. The molecule has 158 valence electrons. The van der Waals surface area contributed by atoms with Gasteiger partial charge < -0.3 is 9.84 Å². The third-order valence-electron chi connectivity index (χ3n) is 5.42. The first-order valence-electron chi connectivity index (χ1n) is 10.5. The summed E-state index contributed by atoms with van der Waals surface area (Å²) in [6.45, 7) is 8.83. The van der Waals surface area contributed by atoms with Crippen molar-refractivity contribution >= 4 is 5.95 Å². The monoisotopic (exact) mass is 409 g/mol. The minimum absolute atomic E-state index is 0.192. The van der Waals surface area contributed by atoms with E-state index in [-0.39, 0.29) is 11.9 Å². The Morgan fingerprint density at radius 1 is 1.20 bits per heavy atom. The van der Waals surface area contributed by atoms with E-state index in [2.05, 4.69) is 34.2 Å². The Balaban J connectivity index is 1.51. The molecule has 1 N–H and O–H groups in total. The summed E-state index contributed by atoms with van der Waals surface area (Å²) in [5.74, 6) is 1.49. The zero-order valence-corrected chi connectivity index (χ0v) is 17.7. The third-order valence-corrected chi connectivity index (χ3v) is 5.42. The second-order valence-corrected chi connectivity index (χ2v) is 8.30. The predicted molar refractivity (Wildman–Crippen MR) is 115 cm³/mol. The van der Waals surface area contributed by atoms with E-state index in [0.717, 1.165) is 55.0 Å². The van der Waals surface area contributed by atoms with Crippen molar-refractivity contribution in [2.24, 2.45) is 0 Å². The highest BCUT2D eigenvalue weighted by Crippen LogP contribution is 2.35. The molecule has 0 saturated carbocycles. The molecule has 30 heavy (non-hydrogen) atoms. The van der Waals surface area contributed by atoms with E-state index in [1.165, 1.54) is 12.1 Å². The number of aromatic nitrogens is 3. The van der Waals surface area contributed by atoms with E-state index in [4.69, 9.17) is 9.51 Å². The van der Waals surface area contributed by atoms with Crippen molar-refractivity contribution in [3.63, 3.8) is 0 Å². The number of nitrogens with zero attached hydrogens (tertiary/aromatic N) is 4. The number of aryl methyl sites for hydroxylation is 1. The molecule has 0 atom stereocenters. The van der Waals surface area contributed by atoms with Crippen LogP contribution in [0.3, 0.4) is 0 Å². The highest BCUT2D eigenvalue weighted by atomic mass is 19.1. The third kappa shape index (κ3) is 4.84. The van der Waals surface area contributed by atoms with E-state index in [1.807, 2.05) is 31.3 Å². The van der Waals surface area contributed by atoms with Crippen molar-refractivity contribution in [2.45, 2.75) is 52.1 Å². The van der Waals surface area contributed by atoms with Gasteiger partial charge in [-0.15, -0.1) is 0 Å². The van der Waals surface area contributed by atoms with Crippen LogP contribution < -0.4 is 5.32 Å². The Labute approximate surface area is 176 Å². The molecule has 3 aromatic rings. The molecule has 6 nitrogen and oxygen atoms in total. The van der Waals surface area contributed by atoms with Crippen LogP contribution in [0.1, 0.15) is 49.6 Å². The van der Waals surface area contributed by atoms with Gasteiger partial charge in [0.15, 0.2) is 5.76 Å². The summed E-state index contributed by atoms with van der Waals surface area (Å²) >= 11 is 0. The molecule has 0 radical (unpaired) electrons. The van der Waals surface area contributed by atoms with Gasteiger partial charge in [-0.05, 0) is 64.4 Å². The number of piperidine rings is 1. The van der Waals surface area contributed by atoms with Gasteiger partial charge in [-0.1, -0.05) is 17.3 Å². The van der Waals surface area contributed by atoms with E-state index in [1.54, 1.807) is 0 Å². The van der Waals surface area contributed by atoms with Gasteiger partial charge in [-0.3, -0.25) is 4.90 Å². The smallest absolute Gasteiger partial charge is 0.223 e. The fraction of sp³-hybridized carbons (Fsp3) is 0.435. The maximum atomic E-state index is 13.2. The molecule has 4 rings (SSSR count). The Bertz CT molecular complexity index is 978. The highest BCUT2D eigenvalue weighted by Gasteiger charge is 2.26. The van der Waals surface area contributed by atoms with Gasteiger partial charge in [0.25, 0.3) is 0 Å². The number of benzene rings is 1. The Morgan fingerprint density at radius 3 is 2.57 bits per heavy atom. The van der Waals surface area contributed by atoms with Crippen LogP contribution in [-0.2, 0) is 6.54 Å². The molecule has 1 aromatic carbocycles. The second kappa shape index (κ2) is 8.92. The van der Waals surface area contributed by atoms with E-state index < -0.39 is 0 Å². The molecule has 0 aliphatic carbocycles. The summed E-state index contributed by atoms with van der Waals surface area (Å²) in [4.78, 5) is 11.8. The van der Waals surface area contributed by atoms with Crippen molar-refractivity contribution in [3.8, 4) is 11.3 Å². The molecule has 1 aliphatic heterocycles. The maximum Gasteiger partial charge on any atom is 0.223 e. The average Bonchev–Trinajstić information content (AvgIpc) is 3.16. The van der Waals surface area contributed by atoms with Crippen LogP contribution in [-0.4, -0.2) is 39.2 Å². The van der Waals surface area contributed by atoms with Gasteiger partial charge in [0.2, 0.25) is 5.95 Å². The minimum Gasteiger partial charge on any atom is -0.356 e. The van der Waals surface area contributed by atoms with Crippen LogP contribution in [0.25, 0.3) is 11.3 Å². The number of anilines is 1. The van der Waals surface area contributed by atoms with Gasteiger partial charge in [0, 0.05) is 30.8 Å². The van der Waals surface area contributed by atoms with Crippen molar-refractivity contribution in [1.29, 1.82) is 0 Å². The van der Waals surface area contributed by atoms with Gasteiger partial charge in [0.05, 0.1) is 17.0 Å². The molecule has 0 unspecified atom stereocenters. The normalized spacial score (nSPS) is 15.6. The fourth-order valence-electron chi connectivity index (χ4n) is 3.93. The van der Waals surface area contributed by atoms with Crippen LogP contribution in [0.4, 0.5) is 10.3 Å². The van der Waals surface area contributed by atoms with Crippen LogP contribution >= 0.6 is 0 Å². The lowest BCUT2D eigenvalue weighted by atomic mass is 9.90. The lowest BCUT2D eigenvalue weighted by Crippen LogP contribution is -2.33. The Hall–Kier alpha value is -2.80. The molecule has 1 saturated heterocycles. The first-order chi connectivity index (χ1) is 14.5. The Morgan fingerprint density at radius 2 is 1.93 bits per heavy atom. The zero-order valence-electron chi connectivity index (χ0n) is 17.7. The van der Waals surface area contributed by atoms with E-state index in [9.17, 15) is 4.39 Å². The topological polar surface area (TPSA) is 67.1 Å². The fourth-order valence-corrected chi connectivity index (χ4v) is 3.93. The van der Waals surface area contributed by atoms with Crippen LogP contribution in [0.15, 0.2) is 41.1 Å². The summed E-state index contributed by atoms with van der Waals surface area (Å²) in [6, 6.07) is 8.96. The highest BCUT2D eigenvalue weighted by molar-refractivity contribution is 5.61. The largest absolute Gasteiger partial charge is 0.356 e. The molecular formula is C23H28FN5O. The van der Waals surface area contributed by atoms with Gasteiger partial charge in [-0.2, -0.15) is 0 Å². The molecule has 3 heterocycles. The molecule has 7 heteroatoms. The molecule has 0 spiro atoms. The summed E-state index contributed by atoms with van der Waals surface area (Å²) in [5, 5.41) is 7.34. The lowest BCUT2D eigenvalue weighted by Gasteiger charge is -2.32. The molecular weight excluding hydrogens is 381 g/mol. The molecule has 0 bridgehead atoms. The van der Waals surface area contributed by atoms with Crippen LogP contribution in [0, 0.1) is 12.7 Å². The van der Waals surface area contributed by atoms with Gasteiger partial charge in [0.1, 0.15) is 5.82 Å². The lowest BCUT2D eigenvalue weighted by molar-refractivity contribution is 0.203. The number of nitrogens with one attached hydrogen (secondary N) is 1. The first-order valence-corrected chi connectivity index (χ1v) is 10.5. The molecule has 1 aliphatic rings.